The van der Waals surface area contributed by atoms with Crippen molar-refractivity contribution in [3.63, 3.8) is 0 Å². The monoisotopic (exact) mass is 222 g/mol. The lowest BCUT2D eigenvalue weighted by atomic mass is 9.91. The second-order valence-corrected chi connectivity index (χ2v) is 5.53. The second-order valence-electron chi connectivity index (χ2n) is 5.53. The van der Waals surface area contributed by atoms with Gasteiger partial charge in [0.1, 0.15) is 0 Å². The van der Waals surface area contributed by atoms with Crippen LogP contribution in [0.15, 0.2) is 23.3 Å². The predicted molar refractivity (Wildman–Crippen MR) is 70.5 cm³/mol. The quantitative estimate of drug-likeness (QED) is 0.603. The lowest BCUT2D eigenvalue weighted by Gasteiger charge is -2.23. The molecule has 0 aromatic carbocycles. The van der Waals surface area contributed by atoms with Crippen LogP contribution in [-0.4, -0.2) is 10.7 Å². The van der Waals surface area contributed by atoms with E-state index in [1.54, 1.807) is 0 Å². The number of hydrogen-bond acceptors (Lipinski definition) is 1. The summed E-state index contributed by atoms with van der Waals surface area (Å²) in [6.07, 6.45) is 12.1. The van der Waals surface area contributed by atoms with Crippen molar-refractivity contribution in [1.29, 1.82) is 0 Å². The molecule has 0 saturated heterocycles. The van der Waals surface area contributed by atoms with Gasteiger partial charge < -0.3 is 5.11 Å². The number of allylic oxidation sites excluding steroid dienone is 4. The summed E-state index contributed by atoms with van der Waals surface area (Å²) >= 11 is 0. The molecule has 0 aromatic heterocycles. The zero-order chi connectivity index (χ0) is 12.0. The number of hydrogen-bond donors (Lipinski definition) is 1. The van der Waals surface area contributed by atoms with Gasteiger partial charge in [0.15, 0.2) is 0 Å². The summed E-state index contributed by atoms with van der Waals surface area (Å²) < 4.78 is 0. The molecule has 1 atom stereocenters. The van der Waals surface area contributed by atoms with E-state index in [4.69, 9.17) is 0 Å². The van der Waals surface area contributed by atoms with Gasteiger partial charge in [0, 0.05) is 0 Å². The molecule has 0 spiro atoms. The molecule has 1 rings (SSSR count). The highest BCUT2D eigenvalue weighted by atomic mass is 16.3. The average molecular weight is 222 g/mol. The summed E-state index contributed by atoms with van der Waals surface area (Å²) in [5.74, 6) is 0. The molecular weight excluding hydrogens is 196 g/mol. The third kappa shape index (κ3) is 5.50. The Morgan fingerprint density at radius 1 is 1.00 bits per heavy atom. The zero-order valence-corrected chi connectivity index (χ0v) is 11.1. The summed E-state index contributed by atoms with van der Waals surface area (Å²) in [5, 5.41) is 10.2. The van der Waals surface area contributed by atoms with Crippen molar-refractivity contribution >= 4 is 0 Å². The fourth-order valence-electron chi connectivity index (χ4n) is 2.25. The average Bonchev–Trinajstić information content (AvgIpc) is 2.15. The van der Waals surface area contributed by atoms with Crippen LogP contribution < -0.4 is 0 Å². The Labute approximate surface area is 100 Å². The minimum atomic E-state index is -0.476. The van der Waals surface area contributed by atoms with Crippen LogP contribution in [0.2, 0.25) is 0 Å². The molecule has 1 unspecified atom stereocenters. The van der Waals surface area contributed by atoms with E-state index < -0.39 is 5.60 Å². The van der Waals surface area contributed by atoms with Crippen LogP contribution in [0.3, 0.4) is 0 Å². The maximum absolute atomic E-state index is 10.2. The minimum absolute atomic E-state index is 0.476. The molecule has 0 aromatic rings. The Hall–Kier alpha value is -0.560. The fourth-order valence-corrected chi connectivity index (χ4v) is 2.25. The molecule has 0 radical (unpaired) electrons. The third-order valence-corrected chi connectivity index (χ3v) is 3.49. The van der Waals surface area contributed by atoms with E-state index in [1.807, 2.05) is 6.92 Å². The van der Waals surface area contributed by atoms with Crippen molar-refractivity contribution in [1.82, 2.24) is 0 Å². The lowest BCUT2D eigenvalue weighted by molar-refractivity contribution is 0.0410. The van der Waals surface area contributed by atoms with Gasteiger partial charge in [-0.15, -0.1) is 0 Å². The van der Waals surface area contributed by atoms with Gasteiger partial charge in [-0.2, -0.15) is 0 Å². The zero-order valence-electron chi connectivity index (χ0n) is 11.1. The normalized spacial score (nSPS) is 36.2. The highest BCUT2D eigenvalue weighted by Gasteiger charge is 2.18. The van der Waals surface area contributed by atoms with Gasteiger partial charge in [-0.3, -0.25) is 0 Å². The first-order valence-corrected chi connectivity index (χ1v) is 6.53. The minimum Gasteiger partial charge on any atom is -0.390 e. The van der Waals surface area contributed by atoms with Crippen LogP contribution >= 0.6 is 0 Å². The van der Waals surface area contributed by atoms with Crippen LogP contribution in [0.5, 0.6) is 0 Å². The Morgan fingerprint density at radius 3 is 2.38 bits per heavy atom. The van der Waals surface area contributed by atoms with Crippen molar-refractivity contribution in [3.8, 4) is 0 Å². The van der Waals surface area contributed by atoms with Crippen molar-refractivity contribution in [2.24, 2.45) is 0 Å². The predicted octanol–water partition coefficient (Wildman–Crippen LogP) is 4.37. The van der Waals surface area contributed by atoms with Gasteiger partial charge in [-0.25, -0.2) is 0 Å². The first-order valence-electron chi connectivity index (χ1n) is 6.53. The van der Waals surface area contributed by atoms with E-state index in [0.717, 1.165) is 32.1 Å². The molecule has 0 fully saturated rings. The van der Waals surface area contributed by atoms with Crippen LogP contribution in [-0.2, 0) is 0 Å². The van der Waals surface area contributed by atoms with Crippen molar-refractivity contribution in [2.75, 3.05) is 0 Å². The van der Waals surface area contributed by atoms with Gasteiger partial charge in [0.25, 0.3) is 0 Å². The molecule has 1 nitrogen and oxygen atoms in total. The van der Waals surface area contributed by atoms with E-state index in [9.17, 15) is 5.11 Å². The summed E-state index contributed by atoms with van der Waals surface area (Å²) in [6.45, 7) is 6.38. The highest BCUT2D eigenvalue weighted by molar-refractivity contribution is 5.04. The highest BCUT2D eigenvalue weighted by Crippen LogP contribution is 2.23. The molecule has 0 saturated carbocycles. The van der Waals surface area contributed by atoms with E-state index in [1.165, 1.54) is 24.0 Å². The first-order chi connectivity index (χ1) is 7.49. The molecule has 0 heterocycles. The molecule has 92 valence electrons. The van der Waals surface area contributed by atoms with Crippen LogP contribution in [0.1, 0.15) is 65.7 Å². The molecule has 1 aliphatic rings. The van der Waals surface area contributed by atoms with E-state index in [2.05, 4.69) is 26.0 Å². The summed E-state index contributed by atoms with van der Waals surface area (Å²) in [7, 11) is 0. The molecule has 16 heavy (non-hydrogen) atoms. The first kappa shape index (κ1) is 13.5. The number of aliphatic hydroxyl groups is 1. The summed E-state index contributed by atoms with van der Waals surface area (Å²) in [6, 6.07) is 0. The van der Waals surface area contributed by atoms with Crippen molar-refractivity contribution in [2.45, 2.75) is 71.3 Å². The van der Waals surface area contributed by atoms with Gasteiger partial charge in [-0.05, 0) is 65.7 Å². The Balaban J connectivity index is 2.61. The number of rotatable bonds is 0. The maximum Gasteiger partial charge on any atom is 0.0622 e. The maximum atomic E-state index is 10.2. The second kappa shape index (κ2) is 6.24. The largest absolute Gasteiger partial charge is 0.390 e. The van der Waals surface area contributed by atoms with Gasteiger partial charge >= 0.3 is 0 Å². The van der Waals surface area contributed by atoms with Crippen molar-refractivity contribution in [3.05, 3.63) is 23.3 Å². The van der Waals surface area contributed by atoms with Crippen LogP contribution in [0.25, 0.3) is 0 Å². The summed E-state index contributed by atoms with van der Waals surface area (Å²) in [5.41, 5.74) is 2.46. The Morgan fingerprint density at radius 2 is 1.62 bits per heavy atom. The molecular formula is C15H26O. The standard InChI is InChI=1S/C15H26O/c1-13-7-4-8-14(2)10-6-12-15(3,16)11-5-9-13/h7,10,16H,4-6,8-9,11-12H2,1-3H3/b13-7-,14-10-. The van der Waals surface area contributed by atoms with Gasteiger partial charge in [-0.1, -0.05) is 23.3 Å². The van der Waals surface area contributed by atoms with E-state index in [0.29, 0.717) is 0 Å². The van der Waals surface area contributed by atoms with Gasteiger partial charge in [0.2, 0.25) is 0 Å². The smallest absolute Gasteiger partial charge is 0.0622 e. The van der Waals surface area contributed by atoms with Crippen LogP contribution in [0.4, 0.5) is 0 Å². The molecule has 0 bridgehead atoms. The molecule has 1 aliphatic carbocycles. The van der Waals surface area contributed by atoms with Gasteiger partial charge in [0.05, 0.1) is 5.60 Å². The SMILES string of the molecule is C/C1=C/CCC(C)(O)CCC/C(C)=C\CC1. The van der Waals surface area contributed by atoms with Crippen molar-refractivity contribution < 1.29 is 5.11 Å². The van der Waals surface area contributed by atoms with E-state index >= 15 is 0 Å². The topological polar surface area (TPSA) is 20.2 Å². The van der Waals surface area contributed by atoms with E-state index in [-0.39, 0.29) is 0 Å². The molecule has 1 N–H and O–H groups in total. The fraction of sp³-hybridized carbons (Fsp3) is 0.733. The lowest BCUT2D eigenvalue weighted by Crippen LogP contribution is -2.23. The Bertz CT molecular complexity index is 271. The summed E-state index contributed by atoms with van der Waals surface area (Å²) in [4.78, 5) is 0. The molecule has 0 aliphatic heterocycles. The van der Waals surface area contributed by atoms with Crippen LogP contribution in [0, 0.1) is 0 Å². The molecule has 0 amide bonds. The third-order valence-electron chi connectivity index (χ3n) is 3.49. The Kier molecular flexibility index (Phi) is 5.27. The molecule has 1 heteroatoms.